The van der Waals surface area contributed by atoms with Crippen molar-refractivity contribution in [1.82, 2.24) is 0 Å². The number of carbonyl (C=O) groups excluding carboxylic acids is 1. The molecule has 0 N–H and O–H groups in total. The molecular formula is C21H17FO3. The van der Waals surface area contributed by atoms with E-state index in [1.165, 1.54) is 26.6 Å². The summed E-state index contributed by atoms with van der Waals surface area (Å²) >= 11 is 0. The van der Waals surface area contributed by atoms with Crippen LogP contribution in [0.4, 0.5) is 4.39 Å². The first-order valence-electron chi connectivity index (χ1n) is 7.45. The average Bonchev–Trinajstić information content (AvgIpc) is 2.66. The SMILES string of the molecule is C#Cc1cccc(C(F)=Cc2ccccc2C(=COC)C(=O)OC)c1. The summed E-state index contributed by atoms with van der Waals surface area (Å²) in [6.07, 6.45) is 7.97. The Hall–Kier alpha value is -3.32. The van der Waals surface area contributed by atoms with Gasteiger partial charge in [0.2, 0.25) is 0 Å². The predicted octanol–water partition coefficient (Wildman–Crippen LogP) is 4.30. The zero-order valence-corrected chi connectivity index (χ0v) is 14.0. The summed E-state index contributed by atoms with van der Waals surface area (Å²) in [4.78, 5) is 12.0. The lowest BCUT2D eigenvalue weighted by Gasteiger charge is -2.09. The number of terminal acetylenes is 1. The molecule has 0 spiro atoms. The van der Waals surface area contributed by atoms with Gasteiger partial charge in [-0.05, 0) is 29.3 Å². The van der Waals surface area contributed by atoms with Gasteiger partial charge in [-0.15, -0.1) is 6.42 Å². The Kier molecular flexibility index (Phi) is 6.14. The van der Waals surface area contributed by atoms with E-state index in [2.05, 4.69) is 5.92 Å². The van der Waals surface area contributed by atoms with E-state index >= 15 is 0 Å². The standard InChI is InChI=1S/C21H17FO3/c1-4-15-8-7-10-17(12-15)20(22)13-16-9-5-6-11-18(16)19(14-24-2)21(23)25-3/h1,5-14H,2-3H3. The van der Waals surface area contributed by atoms with Crippen LogP contribution < -0.4 is 0 Å². The van der Waals surface area contributed by atoms with Gasteiger partial charge in [-0.3, -0.25) is 0 Å². The lowest BCUT2D eigenvalue weighted by Crippen LogP contribution is -2.05. The van der Waals surface area contributed by atoms with Crippen LogP contribution in [0.15, 0.2) is 54.8 Å². The molecule has 126 valence electrons. The van der Waals surface area contributed by atoms with E-state index in [1.807, 2.05) is 0 Å². The molecule has 0 amide bonds. The van der Waals surface area contributed by atoms with Gasteiger partial charge in [0.15, 0.2) is 0 Å². The lowest BCUT2D eigenvalue weighted by molar-refractivity contribution is -0.133. The number of hydrogen-bond donors (Lipinski definition) is 0. The molecule has 0 aliphatic heterocycles. The number of halogens is 1. The fourth-order valence-electron chi connectivity index (χ4n) is 2.29. The van der Waals surface area contributed by atoms with Gasteiger partial charge in [0.25, 0.3) is 0 Å². The first-order valence-corrected chi connectivity index (χ1v) is 7.45. The van der Waals surface area contributed by atoms with E-state index in [0.717, 1.165) is 0 Å². The Morgan fingerprint density at radius 2 is 1.92 bits per heavy atom. The van der Waals surface area contributed by atoms with Crippen molar-refractivity contribution in [3.63, 3.8) is 0 Å². The van der Waals surface area contributed by atoms with Gasteiger partial charge in [0.1, 0.15) is 11.4 Å². The van der Waals surface area contributed by atoms with Crippen LogP contribution in [0.25, 0.3) is 17.5 Å². The maximum absolute atomic E-state index is 14.7. The minimum absolute atomic E-state index is 0.196. The molecule has 2 aromatic rings. The molecule has 0 aliphatic rings. The molecule has 0 bridgehead atoms. The van der Waals surface area contributed by atoms with E-state index in [4.69, 9.17) is 15.9 Å². The highest BCUT2D eigenvalue weighted by atomic mass is 19.1. The Labute approximate surface area is 146 Å². The molecule has 0 atom stereocenters. The first-order chi connectivity index (χ1) is 12.1. The van der Waals surface area contributed by atoms with Gasteiger partial charge in [-0.25, -0.2) is 9.18 Å². The number of benzene rings is 2. The predicted molar refractivity (Wildman–Crippen MR) is 96.8 cm³/mol. The molecule has 3 nitrogen and oxygen atoms in total. The normalized spacial score (nSPS) is 11.6. The largest absolute Gasteiger partial charge is 0.503 e. The molecule has 0 unspecified atom stereocenters. The van der Waals surface area contributed by atoms with E-state index in [-0.39, 0.29) is 5.57 Å². The number of hydrogen-bond acceptors (Lipinski definition) is 3. The fourth-order valence-corrected chi connectivity index (χ4v) is 2.29. The van der Waals surface area contributed by atoms with Gasteiger partial charge in [0, 0.05) is 11.1 Å². The Balaban J connectivity index is 2.51. The smallest absolute Gasteiger partial charge is 0.341 e. The van der Waals surface area contributed by atoms with Gasteiger partial charge < -0.3 is 9.47 Å². The average molecular weight is 336 g/mol. The highest BCUT2D eigenvalue weighted by Gasteiger charge is 2.16. The number of esters is 1. The maximum Gasteiger partial charge on any atom is 0.341 e. The highest BCUT2D eigenvalue weighted by Crippen LogP contribution is 2.26. The van der Waals surface area contributed by atoms with Gasteiger partial charge >= 0.3 is 5.97 Å². The van der Waals surface area contributed by atoms with Crippen LogP contribution in [-0.2, 0) is 14.3 Å². The summed E-state index contributed by atoms with van der Waals surface area (Å²) in [5, 5.41) is 0. The summed E-state index contributed by atoms with van der Waals surface area (Å²) in [6.45, 7) is 0. The Morgan fingerprint density at radius 1 is 1.16 bits per heavy atom. The monoisotopic (exact) mass is 336 g/mol. The van der Waals surface area contributed by atoms with Crippen LogP contribution in [0, 0.1) is 12.3 Å². The van der Waals surface area contributed by atoms with E-state index in [0.29, 0.717) is 22.3 Å². The van der Waals surface area contributed by atoms with Crippen molar-refractivity contribution in [2.75, 3.05) is 14.2 Å². The van der Waals surface area contributed by atoms with Crippen molar-refractivity contribution in [3.05, 3.63) is 77.0 Å². The van der Waals surface area contributed by atoms with Crippen molar-refractivity contribution in [3.8, 4) is 12.3 Å². The Morgan fingerprint density at radius 3 is 2.60 bits per heavy atom. The van der Waals surface area contributed by atoms with Crippen molar-refractivity contribution < 1.29 is 18.7 Å². The third kappa shape index (κ3) is 4.36. The topological polar surface area (TPSA) is 35.5 Å². The first kappa shape index (κ1) is 18.0. The summed E-state index contributed by atoms with van der Waals surface area (Å²) < 4.78 is 24.4. The van der Waals surface area contributed by atoms with Crippen LogP contribution in [0.2, 0.25) is 0 Å². The van der Waals surface area contributed by atoms with Gasteiger partial charge in [-0.1, -0.05) is 42.3 Å². The van der Waals surface area contributed by atoms with Gasteiger partial charge in [0.05, 0.1) is 20.5 Å². The van der Waals surface area contributed by atoms with Crippen LogP contribution >= 0.6 is 0 Å². The second-order valence-electron chi connectivity index (χ2n) is 5.06. The van der Waals surface area contributed by atoms with Crippen LogP contribution in [0.3, 0.4) is 0 Å². The fraction of sp³-hybridized carbons (Fsp3) is 0.0952. The van der Waals surface area contributed by atoms with Crippen LogP contribution in [-0.4, -0.2) is 20.2 Å². The third-order valence-corrected chi connectivity index (χ3v) is 3.48. The highest BCUT2D eigenvalue weighted by molar-refractivity contribution is 6.17. The second kappa shape index (κ2) is 8.51. The van der Waals surface area contributed by atoms with Crippen molar-refractivity contribution in [2.24, 2.45) is 0 Å². The van der Waals surface area contributed by atoms with Crippen molar-refractivity contribution in [1.29, 1.82) is 0 Å². The van der Waals surface area contributed by atoms with Crippen LogP contribution in [0.5, 0.6) is 0 Å². The van der Waals surface area contributed by atoms with E-state index in [1.54, 1.807) is 48.5 Å². The zero-order chi connectivity index (χ0) is 18.2. The number of carbonyl (C=O) groups is 1. The van der Waals surface area contributed by atoms with Crippen molar-refractivity contribution >= 4 is 23.4 Å². The molecule has 25 heavy (non-hydrogen) atoms. The summed E-state index contributed by atoms with van der Waals surface area (Å²) in [5.74, 6) is 1.44. The van der Waals surface area contributed by atoms with Crippen LogP contribution in [0.1, 0.15) is 22.3 Å². The van der Waals surface area contributed by atoms with E-state index in [9.17, 15) is 9.18 Å². The molecule has 0 saturated carbocycles. The molecule has 0 saturated heterocycles. The lowest BCUT2D eigenvalue weighted by atomic mass is 9.99. The third-order valence-electron chi connectivity index (χ3n) is 3.48. The molecule has 2 rings (SSSR count). The molecule has 0 heterocycles. The molecule has 0 radical (unpaired) electrons. The minimum atomic E-state index is -0.572. The number of ether oxygens (including phenoxy) is 2. The number of methoxy groups -OCH3 is 2. The number of rotatable bonds is 5. The molecule has 0 aromatic heterocycles. The van der Waals surface area contributed by atoms with E-state index < -0.39 is 11.8 Å². The molecule has 0 fully saturated rings. The molecule has 4 heteroatoms. The molecule has 2 aromatic carbocycles. The summed E-state index contributed by atoms with van der Waals surface area (Å²) in [6, 6.07) is 13.5. The molecular weight excluding hydrogens is 319 g/mol. The zero-order valence-electron chi connectivity index (χ0n) is 14.0. The second-order valence-corrected chi connectivity index (χ2v) is 5.06. The molecule has 0 aliphatic carbocycles. The minimum Gasteiger partial charge on any atom is -0.503 e. The maximum atomic E-state index is 14.7. The van der Waals surface area contributed by atoms with Gasteiger partial charge in [-0.2, -0.15) is 0 Å². The van der Waals surface area contributed by atoms with Crippen molar-refractivity contribution in [2.45, 2.75) is 0 Å². The summed E-state index contributed by atoms with van der Waals surface area (Å²) in [7, 11) is 2.70. The quantitative estimate of drug-likeness (QED) is 0.269. The summed E-state index contributed by atoms with van der Waals surface area (Å²) in [5.41, 5.74) is 2.16. The Bertz CT molecular complexity index is 873.